The fourth-order valence-electron chi connectivity index (χ4n) is 3.47. The van der Waals surface area contributed by atoms with Gasteiger partial charge in [-0.3, -0.25) is 9.59 Å². The Morgan fingerprint density at radius 1 is 1.03 bits per heavy atom. The van der Waals surface area contributed by atoms with Gasteiger partial charge in [0.05, 0.1) is 30.8 Å². The number of morpholine rings is 1. The molecule has 1 saturated heterocycles. The summed E-state index contributed by atoms with van der Waals surface area (Å²) in [6.07, 6.45) is 0. The van der Waals surface area contributed by atoms with Gasteiger partial charge in [-0.25, -0.2) is 9.97 Å². The fraction of sp³-hybridized carbons (Fsp3) is 0.273. The minimum Gasteiger partial charge on any atom is -0.378 e. The highest BCUT2D eigenvalue weighted by atomic mass is 16.5. The van der Waals surface area contributed by atoms with E-state index in [1.807, 2.05) is 24.3 Å². The van der Waals surface area contributed by atoms with E-state index in [1.54, 1.807) is 25.2 Å². The number of amides is 2. The molecule has 10 heteroatoms. The molecule has 2 amide bonds. The number of nitrogens with one attached hydrogen (secondary N) is 3. The summed E-state index contributed by atoms with van der Waals surface area (Å²) in [4.78, 5) is 35.0. The number of carbonyl (C=O) groups is 2. The Kier molecular flexibility index (Phi) is 6.43. The topological polar surface area (TPSA) is 134 Å². The van der Waals surface area contributed by atoms with E-state index in [4.69, 9.17) is 10.5 Å². The zero-order valence-corrected chi connectivity index (χ0v) is 17.7. The number of likely N-dealkylation sites (N-methyl/N-ethyl adjacent to an activating group) is 1. The third-order valence-electron chi connectivity index (χ3n) is 5.02. The van der Waals surface area contributed by atoms with Crippen molar-refractivity contribution in [2.45, 2.75) is 0 Å². The molecule has 1 aromatic heterocycles. The number of aromatic nitrogens is 2. The maximum atomic E-state index is 12.0. The zero-order chi connectivity index (χ0) is 22.5. The van der Waals surface area contributed by atoms with Crippen molar-refractivity contribution in [2.24, 2.45) is 5.73 Å². The van der Waals surface area contributed by atoms with Gasteiger partial charge in [-0.15, -0.1) is 0 Å². The van der Waals surface area contributed by atoms with Crippen molar-refractivity contribution < 1.29 is 14.3 Å². The van der Waals surface area contributed by atoms with Crippen LogP contribution in [-0.2, 0) is 9.53 Å². The summed E-state index contributed by atoms with van der Waals surface area (Å²) < 4.78 is 5.40. The summed E-state index contributed by atoms with van der Waals surface area (Å²) in [5.74, 6) is -0.610. The smallest absolute Gasteiger partial charge is 0.271 e. The summed E-state index contributed by atoms with van der Waals surface area (Å²) in [6, 6.07) is 13.0. The third-order valence-corrected chi connectivity index (χ3v) is 5.02. The van der Waals surface area contributed by atoms with Gasteiger partial charge in [0.15, 0.2) is 11.5 Å². The Balaban J connectivity index is 1.58. The molecule has 0 atom stereocenters. The highest BCUT2D eigenvalue weighted by molar-refractivity contribution is 5.99. The second-order valence-electron chi connectivity index (χ2n) is 7.34. The Bertz CT molecular complexity index is 1130. The van der Waals surface area contributed by atoms with Crippen molar-refractivity contribution in [3.8, 4) is 0 Å². The van der Waals surface area contributed by atoms with Crippen molar-refractivity contribution in [3.05, 3.63) is 48.2 Å². The van der Waals surface area contributed by atoms with Crippen molar-refractivity contribution >= 4 is 45.7 Å². The highest BCUT2D eigenvalue weighted by Gasteiger charge is 2.16. The average Bonchev–Trinajstić information content (AvgIpc) is 2.80. The van der Waals surface area contributed by atoms with Gasteiger partial charge in [0.1, 0.15) is 0 Å². The van der Waals surface area contributed by atoms with Crippen LogP contribution in [0.5, 0.6) is 0 Å². The molecule has 3 aromatic rings. The van der Waals surface area contributed by atoms with Gasteiger partial charge in [-0.05, 0) is 49.5 Å². The molecular formula is C22H25N7O3. The second-order valence-corrected chi connectivity index (χ2v) is 7.34. The van der Waals surface area contributed by atoms with Crippen LogP contribution in [0.3, 0.4) is 0 Å². The number of ether oxygens (including phenoxy) is 1. The van der Waals surface area contributed by atoms with Gasteiger partial charge in [0.25, 0.3) is 5.91 Å². The van der Waals surface area contributed by atoms with E-state index in [1.165, 1.54) is 0 Å². The van der Waals surface area contributed by atoms with Gasteiger partial charge >= 0.3 is 0 Å². The van der Waals surface area contributed by atoms with Crippen LogP contribution in [0.15, 0.2) is 42.5 Å². The van der Waals surface area contributed by atoms with Crippen LogP contribution in [0, 0.1) is 0 Å². The number of benzene rings is 2. The summed E-state index contributed by atoms with van der Waals surface area (Å²) in [5, 5.41) is 8.69. The summed E-state index contributed by atoms with van der Waals surface area (Å²) in [6.45, 7) is 3.33. The van der Waals surface area contributed by atoms with E-state index < -0.39 is 5.91 Å². The molecule has 5 N–H and O–H groups in total. The lowest BCUT2D eigenvalue weighted by molar-refractivity contribution is -0.115. The Labute approximate surface area is 185 Å². The standard InChI is InChI=1S/C22H25N7O3/c1-24-13-19(30)25-15-4-7-17-18(12-15)27-20(21(23)31)22(28-17)26-14-2-5-16(6-3-14)29-8-10-32-11-9-29/h2-7,12,24H,8-11,13H2,1H3,(H2,23,31)(H,25,30)(H,26,28). The van der Waals surface area contributed by atoms with Crippen molar-refractivity contribution in [1.82, 2.24) is 15.3 Å². The first-order chi connectivity index (χ1) is 15.5. The number of fused-ring (bicyclic) bond motifs is 1. The van der Waals surface area contributed by atoms with Gasteiger partial charge in [-0.1, -0.05) is 0 Å². The van der Waals surface area contributed by atoms with Crippen LogP contribution in [0.2, 0.25) is 0 Å². The third kappa shape index (κ3) is 4.93. The predicted molar refractivity (Wildman–Crippen MR) is 123 cm³/mol. The largest absolute Gasteiger partial charge is 0.378 e. The van der Waals surface area contributed by atoms with Crippen LogP contribution in [0.1, 0.15) is 10.5 Å². The molecule has 32 heavy (non-hydrogen) atoms. The van der Waals surface area contributed by atoms with Gasteiger partial charge < -0.3 is 31.3 Å². The minimum absolute atomic E-state index is 0.0217. The summed E-state index contributed by atoms with van der Waals surface area (Å²) >= 11 is 0. The molecule has 1 fully saturated rings. The maximum absolute atomic E-state index is 12.0. The lowest BCUT2D eigenvalue weighted by Crippen LogP contribution is -2.36. The van der Waals surface area contributed by atoms with Gasteiger partial charge in [-0.2, -0.15) is 0 Å². The molecule has 0 saturated carbocycles. The first kappa shape index (κ1) is 21.5. The van der Waals surface area contributed by atoms with E-state index in [0.717, 1.165) is 37.7 Å². The fourth-order valence-corrected chi connectivity index (χ4v) is 3.47. The monoisotopic (exact) mass is 435 g/mol. The Morgan fingerprint density at radius 3 is 2.44 bits per heavy atom. The molecule has 4 rings (SSSR count). The Morgan fingerprint density at radius 2 is 1.75 bits per heavy atom. The van der Waals surface area contributed by atoms with E-state index in [-0.39, 0.29) is 24.0 Å². The molecule has 0 bridgehead atoms. The number of hydrogen-bond donors (Lipinski definition) is 4. The minimum atomic E-state index is -0.698. The van der Waals surface area contributed by atoms with Gasteiger partial charge in [0.2, 0.25) is 5.91 Å². The Hall–Kier alpha value is -3.76. The van der Waals surface area contributed by atoms with Crippen LogP contribution >= 0.6 is 0 Å². The molecule has 0 spiro atoms. The van der Waals surface area contributed by atoms with E-state index in [9.17, 15) is 9.59 Å². The summed E-state index contributed by atoms with van der Waals surface area (Å²) in [7, 11) is 1.69. The normalized spacial score (nSPS) is 13.7. The SMILES string of the molecule is CNCC(=O)Nc1ccc2nc(Nc3ccc(N4CCOCC4)cc3)c(C(N)=O)nc2c1. The predicted octanol–water partition coefficient (Wildman–Crippen LogP) is 1.47. The lowest BCUT2D eigenvalue weighted by Gasteiger charge is -2.28. The zero-order valence-electron chi connectivity index (χ0n) is 17.7. The molecule has 2 heterocycles. The van der Waals surface area contributed by atoms with E-state index in [0.29, 0.717) is 16.7 Å². The molecule has 1 aliphatic rings. The average molecular weight is 435 g/mol. The van der Waals surface area contributed by atoms with Crippen LogP contribution in [0.25, 0.3) is 11.0 Å². The van der Waals surface area contributed by atoms with Crippen molar-refractivity contribution in [1.29, 1.82) is 0 Å². The van der Waals surface area contributed by atoms with Crippen molar-refractivity contribution in [2.75, 3.05) is 55.4 Å². The summed E-state index contributed by atoms with van der Waals surface area (Å²) in [5.41, 5.74) is 9.02. The van der Waals surface area contributed by atoms with Crippen LogP contribution < -0.4 is 26.6 Å². The number of hydrogen-bond acceptors (Lipinski definition) is 8. The van der Waals surface area contributed by atoms with Crippen LogP contribution in [-0.4, -0.2) is 61.7 Å². The number of nitrogens with two attached hydrogens (primary N) is 1. The second kappa shape index (κ2) is 9.58. The maximum Gasteiger partial charge on any atom is 0.271 e. The molecule has 0 radical (unpaired) electrons. The molecule has 0 unspecified atom stereocenters. The highest BCUT2D eigenvalue weighted by Crippen LogP contribution is 2.25. The molecular weight excluding hydrogens is 410 g/mol. The molecule has 1 aliphatic heterocycles. The number of carbonyl (C=O) groups excluding carboxylic acids is 2. The van der Waals surface area contributed by atoms with Crippen LogP contribution in [0.4, 0.5) is 22.9 Å². The number of rotatable bonds is 7. The number of primary amides is 1. The first-order valence-corrected chi connectivity index (χ1v) is 10.3. The van der Waals surface area contributed by atoms with E-state index in [2.05, 4.69) is 30.8 Å². The van der Waals surface area contributed by atoms with Crippen molar-refractivity contribution in [3.63, 3.8) is 0 Å². The van der Waals surface area contributed by atoms with Gasteiger partial charge in [0, 0.05) is 30.2 Å². The van der Waals surface area contributed by atoms with E-state index >= 15 is 0 Å². The molecule has 166 valence electrons. The lowest BCUT2D eigenvalue weighted by atomic mass is 10.2. The first-order valence-electron chi connectivity index (χ1n) is 10.3. The molecule has 10 nitrogen and oxygen atoms in total. The molecule has 2 aromatic carbocycles. The number of anilines is 4. The quantitative estimate of drug-likeness (QED) is 0.438. The molecule has 0 aliphatic carbocycles. The number of nitrogens with zero attached hydrogens (tertiary/aromatic N) is 3.